The van der Waals surface area contributed by atoms with Crippen LogP contribution in [-0.2, 0) is 6.61 Å². The Bertz CT molecular complexity index is 681. The first-order chi connectivity index (χ1) is 12.2. The third kappa shape index (κ3) is 4.47. The predicted molar refractivity (Wildman–Crippen MR) is 100 cm³/mol. The van der Waals surface area contributed by atoms with Crippen molar-refractivity contribution in [2.45, 2.75) is 44.8 Å². The van der Waals surface area contributed by atoms with Gasteiger partial charge in [0.2, 0.25) is 0 Å². The second-order valence-corrected chi connectivity index (χ2v) is 7.05. The van der Waals surface area contributed by atoms with Gasteiger partial charge in [0, 0.05) is 11.6 Å². The lowest BCUT2D eigenvalue weighted by molar-refractivity contribution is 0.0845. The largest absolute Gasteiger partial charge is 0.493 e. The van der Waals surface area contributed by atoms with E-state index in [9.17, 15) is 5.11 Å². The Morgan fingerprint density at radius 3 is 2.48 bits per heavy atom. The molecule has 1 atom stereocenters. The number of benzene rings is 2. The first-order valence-electron chi connectivity index (χ1n) is 8.91. The maximum absolute atomic E-state index is 10.8. The predicted octanol–water partition coefficient (Wildman–Crippen LogP) is 5.54. The summed E-state index contributed by atoms with van der Waals surface area (Å²) in [4.78, 5) is 0. The quantitative estimate of drug-likeness (QED) is 0.734. The number of aliphatic hydroxyl groups excluding tert-OH is 1. The molecule has 3 rings (SSSR count). The van der Waals surface area contributed by atoms with E-state index in [1.165, 1.54) is 19.3 Å². The maximum atomic E-state index is 10.8. The molecule has 1 aliphatic carbocycles. The van der Waals surface area contributed by atoms with Gasteiger partial charge in [0.1, 0.15) is 6.61 Å². The van der Waals surface area contributed by atoms with Gasteiger partial charge in [0.05, 0.1) is 18.2 Å². The molecule has 0 spiro atoms. The van der Waals surface area contributed by atoms with Crippen molar-refractivity contribution in [2.24, 2.45) is 5.92 Å². The van der Waals surface area contributed by atoms with Gasteiger partial charge in [0.25, 0.3) is 0 Å². The number of methoxy groups -OCH3 is 1. The number of halogens is 1. The molecule has 3 nitrogen and oxygen atoms in total. The fourth-order valence-electron chi connectivity index (χ4n) is 3.49. The number of rotatable bonds is 6. The van der Waals surface area contributed by atoms with Crippen LogP contribution < -0.4 is 9.47 Å². The third-order valence-corrected chi connectivity index (χ3v) is 5.26. The van der Waals surface area contributed by atoms with Crippen LogP contribution in [-0.4, -0.2) is 12.2 Å². The van der Waals surface area contributed by atoms with Gasteiger partial charge >= 0.3 is 0 Å². The van der Waals surface area contributed by atoms with Gasteiger partial charge < -0.3 is 14.6 Å². The lowest BCUT2D eigenvalue weighted by Gasteiger charge is -2.28. The Labute approximate surface area is 154 Å². The molecule has 25 heavy (non-hydrogen) atoms. The van der Waals surface area contributed by atoms with E-state index in [4.69, 9.17) is 21.1 Å². The lowest BCUT2D eigenvalue weighted by Crippen LogP contribution is -2.16. The first kappa shape index (κ1) is 18.1. The average molecular weight is 361 g/mol. The highest BCUT2D eigenvalue weighted by atomic mass is 35.5. The molecule has 0 aliphatic heterocycles. The number of aliphatic hydroxyl groups is 1. The van der Waals surface area contributed by atoms with E-state index in [0.717, 1.165) is 24.0 Å². The molecule has 0 heterocycles. The monoisotopic (exact) mass is 360 g/mol. The average Bonchev–Trinajstić information content (AvgIpc) is 2.67. The molecule has 4 heteroatoms. The van der Waals surface area contributed by atoms with Crippen LogP contribution in [0, 0.1) is 5.92 Å². The molecule has 1 N–H and O–H groups in total. The summed E-state index contributed by atoms with van der Waals surface area (Å²) < 4.78 is 11.4. The van der Waals surface area contributed by atoms with E-state index >= 15 is 0 Å². The maximum Gasteiger partial charge on any atom is 0.162 e. The zero-order chi connectivity index (χ0) is 17.6. The van der Waals surface area contributed by atoms with E-state index in [1.807, 2.05) is 36.4 Å². The van der Waals surface area contributed by atoms with Crippen molar-refractivity contribution in [1.82, 2.24) is 0 Å². The summed E-state index contributed by atoms with van der Waals surface area (Å²) in [6.45, 7) is 0.442. The summed E-state index contributed by atoms with van der Waals surface area (Å²) in [5.41, 5.74) is 1.81. The molecule has 1 unspecified atom stereocenters. The van der Waals surface area contributed by atoms with Gasteiger partial charge in [-0.1, -0.05) is 61.2 Å². The molecule has 0 aromatic heterocycles. The topological polar surface area (TPSA) is 38.7 Å². The Hall–Kier alpha value is -1.71. The van der Waals surface area contributed by atoms with Gasteiger partial charge in [-0.05, 0) is 30.4 Å². The molecule has 1 aliphatic rings. The number of hydrogen-bond donors (Lipinski definition) is 1. The van der Waals surface area contributed by atoms with Crippen LogP contribution in [0.25, 0.3) is 0 Å². The molecule has 0 saturated heterocycles. The highest BCUT2D eigenvalue weighted by Gasteiger charge is 2.26. The van der Waals surface area contributed by atoms with E-state index < -0.39 is 6.10 Å². The SMILES string of the molecule is COc1cc(Cl)c(C(O)C2CCCCC2)cc1OCc1ccccc1. The lowest BCUT2D eigenvalue weighted by atomic mass is 9.82. The molecular formula is C21H25ClO3. The smallest absolute Gasteiger partial charge is 0.162 e. The summed E-state index contributed by atoms with van der Waals surface area (Å²) in [5, 5.41) is 11.3. The number of hydrogen-bond acceptors (Lipinski definition) is 3. The van der Waals surface area contributed by atoms with Crippen molar-refractivity contribution in [2.75, 3.05) is 7.11 Å². The third-order valence-electron chi connectivity index (χ3n) is 4.94. The Balaban J connectivity index is 1.81. The molecule has 0 bridgehead atoms. The first-order valence-corrected chi connectivity index (χ1v) is 9.29. The molecule has 2 aromatic carbocycles. The van der Waals surface area contributed by atoms with Crippen LogP contribution in [0.3, 0.4) is 0 Å². The summed E-state index contributed by atoms with van der Waals surface area (Å²) in [6, 6.07) is 13.5. The summed E-state index contributed by atoms with van der Waals surface area (Å²) >= 11 is 6.42. The van der Waals surface area contributed by atoms with Crippen molar-refractivity contribution < 1.29 is 14.6 Å². The summed E-state index contributed by atoms with van der Waals surface area (Å²) in [5.74, 6) is 1.46. The normalized spacial score (nSPS) is 16.4. The summed E-state index contributed by atoms with van der Waals surface area (Å²) in [7, 11) is 1.60. The van der Waals surface area contributed by atoms with E-state index in [-0.39, 0.29) is 5.92 Å². The second-order valence-electron chi connectivity index (χ2n) is 6.64. The van der Waals surface area contributed by atoms with Gasteiger partial charge in [-0.2, -0.15) is 0 Å². The molecule has 0 amide bonds. The van der Waals surface area contributed by atoms with Crippen LogP contribution in [0.4, 0.5) is 0 Å². The molecule has 1 saturated carbocycles. The van der Waals surface area contributed by atoms with Crippen molar-refractivity contribution in [1.29, 1.82) is 0 Å². The van der Waals surface area contributed by atoms with Crippen LogP contribution in [0.5, 0.6) is 11.5 Å². The molecule has 0 radical (unpaired) electrons. The van der Waals surface area contributed by atoms with E-state index in [0.29, 0.717) is 23.1 Å². The van der Waals surface area contributed by atoms with Gasteiger partial charge in [-0.25, -0.2) is 0 Å². The molecular weight excluding hydrogens is 336 g/mol. The zero-order valence-electron chi connectivity index (χ0n) is 14.6. The molecule has 1 fully saturated rings. The molecule has 134 valence electrons. The fourth-order valence-corrected chi connectivity index (χ4v) is 3.75. The highest BCUT2D eigenvalue weighted by molar-refractivity contribution is 6.31. The van der Waals surface area contributed by atoms with Crippen molar-refractivity contribution >= 4 is 11.6 Å². The number of ether oxygens (including phenoxy) is 2. The Morgan fingerprint density at radius 1 is 1.08 bits per heavy atom. The van der Waals surface area contributed by atoms with E-state index in [1.54, 1.807) is 13.2 Å². The van der Waals surface area contributed by atoms with Crippen LogP contribution in [0.1, 0.15) is 49.3 Å². The van der Waals surface area contributed by atoms with Crippen molar-refractivity contribution in [3.05, 3.63) is 58.6 Å². The van der Waals surface area contributed by atoms with Crippen molar-refractivity contribution in [3.63, 3.8) is 0 Å². The molecule has 2 aromatic rings. The van der Waals surface area contributed by atoms with Crippen LogP contribution >= 0.6 is 11.6 Å². The van der Waals surface area contributed by atoms with Crippen LogP contribution in [0.2, 0.25) is 5.02 Å². The van der Waals surface area contributed by atoms with Gasteiger partial charge in [-0.3, -0.25) is 0 Å². The highest BCUT2D eigenvalue weighted by Crippen LogP contribution is 2.41. The van der Waals surface area contributed by atoms with Gasteiger partial charge in [0.15, 0.2) is 11.5 Å². The minimum Gasteiger partial charge on any atom is -0.493 e. The minimum absolute atomic E-state index is 0.265. The fraction of sp³-hybridized carbons (Fsp3) is 0.429. The van der Waals surface area contributed by atoms with Crippen LogP contribution in [0.15, 0.2) is 42.5 Å². The Kier molecular flexibility index (Phi) is 6.22. The second kappa shape index (κ2) is 8.59. The van der Waals surface area contributed by atoms with E-state index in [2.05, 4.69) is 0 Å². The van der Waals surface area contributed by atoms with Gasteiger partial charge in [-0.15, -0.1) is 0 Å². The van der Waals surface area contributed by atoms with Crippen molar-refractivity contribution in [3.8, 4) is 11.5 Å². The standard InChI is InChI=1S/C21H25ClO3/c1-24-19-13-18(22)17(21(23)16-10-6-3-7-11-16)12-20(19)25-14-15-8-4-2-5-9-15/h2,4-5,8-9,12-13,16,21,23H,3,6-7,10-11,14H2,1H3. The minimum atomic E-state index is -0.558. The summed E-state index contributed by atoms with van der Waals surface area (Å²) in [6.07, 6.45) is 5.14. The Morgan fingerprint density at radius 2 is 1.80 bits per heavy atom. The zero-order valence-corrected chi connectivity index (χ0v) is 15.3.